The van der Waals surface area contributed by atoms with Gasteiger partial charge in [-0.1, -0.05) is 13.0 Å². The van der Waals surface area contributed by atoms with Gasteiger partial charge in [0.25, 0.3) is 5.91 Å². The number of carbonyl (C=O) groups excluding carboxylic acids is 2. The third-order valence-electron chi connectivity index (χ3n) is 4.94. The third kappa shape index (κ3) is 3.72. The van der Waals surface area contributed by atoms with Gasteiger partial charge in [-0.05, 0) is 25.7 Å². The molecule has 23 heavy (non-hydrogen) atoms. The number of rotatable bonds is 7. The van der Waals surface area contributed by atoms with Crippen molar-refractivity contribution in [3.8, 4) is 0 Å². The lowest BCUT2D eigenvalue weighted by molar-refractivity contribution is -0.131. The molecule has 3 rings (SSSR count). The van der Waals surface area contributed by atoms with Crippen LogP contribution in [0.5, 0.6) is 0 Å². The molecule has 1 aliphatic heterocycles. The molecule has 7 heteroatoms. The van der Waals surface area contributed by atoms with Crippen LogP contribution in [0.4, 0.5) is 4.39 Å². The largest absolute Gasteiger partial charge is 0.353 e. The van der Waals surface area contributed by atoms with Gasteiger partial charge in [0.05, 0.1) is 5.83 Å². The summed E-state index contributed by atoms with van der Waals surface area (Å²) in [5.74, 6) is -0.863. The number of hydrogen-bond donors (Lipinski definition) is 2. The molecule has 1 saturated heterocycles. The highest BCUT2D eigenvalue weighted by Crippen LogP contribution is 2.49. The number of hydrogen-bond acceptors (Lipinski definition) is 4. The van der Waals surface area contributed by atoms with Gasteiger partial charge in [-0.3, -0.25) is 9.59 Å². The Hall–Kier alpha value is -1.47. The van der Waals surface area contributed by atoms with E-state index in [0.717, 1.165) is 19.3 Å². The number of amides is 2. The van der Waals surface area contributed by atoms with Gasteiger partial charge in [0, 0.05) is 24.4 Å². The fourth-order valence-corrected chi connectivity index (χ4v) is 3.05. The van der Waals surface area contributed by atoms with E-state index < -0.39 is 23.4 Å². The van der Waals surface area contributed by atoms with Gasteiger partial charge in [0.15, 0.2) is 6.10 Å². The fraction of sp³-hybridized carbons (Fsp3) is 0.750. The molecule has 1 heterocycles. The quantitative estimate of drug-likeness (QED) is 0.736. The maximum Gasteiger partial charge on any atom is 0.252 e. The fourth-order valence-electron chi connectivity index (χ4n) is 3.05. The summed E-state index contributed by atoms with van der Waals surface area (Å²) in [6.07, 6.45) is 3.10. The van der Waals surface area contributed by atoms with Gasteiger partial charge < -0.3 is 20.1 Å². The zero-order valence-electron chi connectivity index (χ0n) is 13.1. The van der Waals surface area contributed by atoms with Crippen LogP contribution in [0, 0.1) is 5.41 Å². The Morgan fingerprint density at radius 2 is 2.00 bits per heavy atom. The minimum atomic E-state index is -0.704. The van der Waals surface area contributed by atoms with Crippen molar-refractivity contribution in [2.45, 2.75) is 56.8 Å². The topological polar surface area (TPSA) is 76.7 Å². The molecule has 0 aromatic rings. The van der Waals surface area contributed by atoms with E-state index >= 15 is 0 Å². The molecule has 6 nitrogen and oxygen atoms in total. The Bertz CT molecular complexity index is 502. The molecule has 3 fully saturated rings. The van der Waals surface area contributed by atoms with E-state index in [1.165, 1.54) is 0 Å². The van der Waals surface area contributed by atoms with Crippen LogP contribution in [0.1, 0.15) is 38.5 Å². The van der Waals surface area contributed by atoms with Crippen molar-refractivity contribution in [3.05, 3.63) is 12.4 Å². The average molecular weight is 326 g/mol. The molecule has 2 atom stereocenters. The molecule has 2 amide bonds. The van der Waals surface area contributed by atoms with Crippen molar-refractivity contribution in [1.29, 1.82) is 0 Å². The average Bonchev–Trinajstić information content (AvgIpc) is 3.14. The zero-order valence-corrected chi connectivity index (χ0v) is 13.1. The number of carbonyl (C=O) groups is 2. The van der Waals surface area contributed by atoms with Crippen LogP contribution >= 0.6 is 0 Å². The normalized spacial score (nSPS) is 28.7. The molecular weight excluding hydrogens is 303 g/mol. The van der Waals surface area contributed by atoms with Crippen molar-refractivity contribution in [2.24, 2.45) is 5.41 Å². The van der Waals surface area contributed by atoms with Gasteiger partial charge in [-0.2, -0.15) is 0 Å². The number of allylic oxidation sites excluding steroid dienone is 1. The first-order valence-electron chi connectivity index (χ1n) is 8.15. The lowest BCUT2D eigenvalue weighted by atomic mass is 9.66. The number of halogens is 1. The summed E-state index contributed by atoms with van der Waals surface area (Å²) in [6, 6.07) is 0.246. The molecule has 3 aliphatic rings. The minimum absolute atomic E-state index is 0.0362. The molecule has 2 saturated carbocycles. The molecule has 2 N–H and O–H groups in total. The predicted molar refractivity (Wildman–Crippen MR) is 79.9 cm³/mol. The zero-order chi connectivity index (χ0) is 16.4. The Morgan fingerprint density at radius 1 is 1.26 bits per heavy atom. The Morgan fingerprint density at radius 3 is 2.57 bits per heavy atom. The van der Waals surface area contributed by atoms with E-state index in [2.05, 4.69) is 17.2 Å². The lowest BCUT2D eigenvalue weighted by Crippen LogP contribution is -2.47. The SMILES string of the molecule is C=C(F)C1(CC(=O)NC[C@@H]2OCO[C@H]2C(=O)NC2CC2)CCC1. The van der Waals surface area contributed by atoms with Crippen LogP contribution < -0.4 is 10.6 Å². The van der Waals surface area contributed by atoms with Crippen molar-refractivity contribution < 1.29 is 23.5 Å². The Balaban J connectivity index is 1.46. The van der Waals surface area contributed by atoms with E-state index in [1.54, 1.807) is 0 Å². The first-order valence-corrected chi connectivity index (χ1v) is 8.15. The molecule has 0 bridgehead atoms. The monoisotopic (exact) mass is 326 g/mol. The summed E-state index contributed by atoms with van der Waals surface area (Å²) >= 11 is 0. The van der Waals surface area contributed by atoms with Crippen LogP contribution in [-0.4, -0.2) is 43.4 Å². The lowest BCUT2D eigenvalue weighted by Gasteiger charge is -2.39. The summed E-state index contributed by atoms with van der Waals surface area (Å²) in [5.41, 5.74) is -0.695. The van der Waals surface area contributed by atoms with Gasteiger partial charge >= 0.3 is 0 Å². The van der Waals surface area contributed by atoms with Crippen LogP contribution in [0.3, 0.4) is 0 Å². The van der Waals surface area contributed by atoms with E-state index in [4.69, 9.17) is 9.47 Å². The van der Waals surface area contributed by atoms with Crippen molar-refractivity contribution in [3.63, 3.8) is 0 Å². The summed E-state index contributed by atoms with van der Waals surface area (Å²) < 4.78 is 24.2. The number of nitrogens with one attached hydrogen (secondary N) is 2. The Kier molecular flexibility index (Phi) is 4.68. The molecule has 0 aromatic carbocycles. The second-order valence-corrected chi connectivity index (χ2v) is 6.71. The summed E-state index contributed by atoms with van der Waals surface area (Å²) in [5, 5.41) is 5.59. The maximum atomic E-state index is 13.5. The van der Waals surface area contributed by atoms with E-state index in [-0.39, 0.29) is 37.6 Å². The molecule has 0 unspecified atom stereocenters. The third-order valence-corrected chi connectivity index (χ3v) is 4.94. The van der Waals surface area contributed by atoms with E-state index in [9.17, 15) is 14.0 Å². The van der Waals surface area contributed by atoms with E-state index in [1.807, 2.05) is 0 Å². The highest BCUT2D eigenvalue weighted by atomic mass is 19.1. The predicted octanol–water partition coefficient (Wildman–Crippen LogP) is 1.17. The second-order valence-electron chi connectivity index (χ2n) is 6.71. The van der Waals surface area contributed by atoms with Crippen molar-refractivity contribution >= 4 is 11.8 Å². The number of ether oxygens (including phenoxy) is 2. The van der Waals surface area contributed by atoms with Crippen molar-refractivity contribution in [2.75, 3.05) is 13.3 Å². The highest BCUT2D eigenvalue weighted by molar-refractivity contribution is 5.82. The second kappa shape index (κ2) is 6.57. The molecule has 2 aliphatic carbocycles. The minimum Gasteiger partial charge on any atom is -0.353 e. The van der Waals surface area contributed by atoms with Crippen LogP contribution in [0.2, 0.25) is 0 Å². The smallest absolute Gasteiger partial charge is 0.252 e. The molecule has 0 aromatic heterocycles. The van der Waals surface area contributed by atoms with Crippen LogP contribution in [-0.2, 0) is 19.1 Å². The van der Waals surface area contributed by atoms with Crippen LogP contribution in [0.15, 0.2) is 12.4 Å². The van der Waals surface area contributed by atoms with Gasteiger partial charge in [0.2, 0.25) is 5.91 Å². The summed E-state index contributed by atoms with van der Waals surface area (Å²) in [4.78, 5) is 24.1. The standard InChI is InChI=1S/C16H23FN2O4/c1-10(17)16(5-2-6-16)7-13(20)18-8-12-14(23-9-22-12)15(21)19-11-3-4-11/h11-12,14H,1-9H2,(H,18,20)(H,19,21)/t12-,14+/m0/s1. The molecular formula is C16H23FN2O4. The van der Waals surface area contributed by atoms with Gasteiger partial charge in [-0.15, -0.1) is 0 Å². The summed E-state index contributed by atoms with van der Waals surface area (Å²) in [7, 11) is 0. The van der Waals surface area contributed by atoms with Crippen molar-refractivity contribution in [1.82, 2.24) is 10.6 Å². The van der Waals surface area contributed by atoms with Gasteiger partial charge in [0.1, 0.15) is 12.9 Å². The Labute approximate surface area is 134 Å². The first-order chi connectivity index (χ1) is 11.0. The summed E-state index contributed by atoms with van der Waals surface area (Å²) in [6.45, 7) is 3.58. The van der Waals surface area contributed by atoms with Gasteiger partial charge in [-0.25, -0.2) is 4.39 Å². The molecule has 0 spiro atoms. The van der Waals surface area contributed by atoms with E-state index in [0.29, 0.717) is 12.8 Å². The molecule has 0 radical (unpaired) electrons. The highest BCUT2D eigenvalue weighted by Gasteiger charge is 2.43. The molecule has 128 valence electrons. The van der Waals surface area contributed by atoms with Crippen LogP contribution in [0.25, 0.3) is 0 Å². The maximum absolute atomic E-state index is 13.5. The first kappa shape index (κ1) is 16.4.